The van der Waals surface area contributed by atoms with Gasteiger partial charge in [-0.1, -0.05) is 12.1 Å². The predicted octanol–water partition coefficient (Wildman–Crippen LogP) is 1.70. The van der Waals surface area contributed by atoms with E-state index in [1.165, 1.54) is 5.56 Å². The summed E-state index contributed by atoms with van der Waals surface area (Å²) in [6.45, 7) is 1.36. The minimum absolute atomic E-state index is 0.385. The number of benzene rings is 1. The fourth-order valence-electron chi connectivity index (χ4n) is 1.49. The van der Waals surface area contributed by atoms with E-state index in [1.54, 1.807) is 7.05 Å². The Labute approximate surface area is 136 Å². The molecule has 5 nitrogen and oxygen atoms in total. The highest BCUT2D eigenvalue weighted by Crippen LogP contribution is 2.13. The van der Waals surface area contributed by atoms with Crippen molar-refractivity contribution in [1.82, 2.24) is 10.6 Å². The first-order valence-corrected chi connectivity index (χ1v) is 7.56. The Morgan fingerprint density at radius 2 is 2.00 bits per heavy atom. The number of hydrogen-bond acceptors (Lipinski definition) is 5. The molecular formula is C14H21N3O2S2. The summed E-state index contributed by atoms with van der Waals surface area (Å²) in [6, 6.07) is 7.98. The largest absolute Gasteiger partial charge is 0.450 e. The second kappa shape index (κ2) is 10.3. The number of nitrogens with two attached hydrogens (primary N) is 1. The highest BCUT2D eigenvalue weighted by Gasteiger charge is 2.02. The first kappa shape index (κ1) is 17.6. The monoisotopic (exact) mass is 327 g/mol. The van der Waals surface area contributed by atoms with E-state index in [0.29, 0.717) is 17.1 Å². The highest BCUT2D eigenvalue weighted by atomic mass is 32.1. The van der Waals surface area contributed by atoms with Crippen molar-refractivity contribution in [1.29, 1.82) is 0 Å². The van der Waals surface area contributed by atoms with Crippen LogP contribution in [0.1, 0.15) is 18.4 Å². The SMILES string of the molecule is CNC(=S)Oc1ccc(CCCCN)cc1.S=C1NCO1. The molecule has 7 heteroatoms. The van der Waals surface area contributed by atoms with E-state index in [9.17, 15) is 0 Å². The molecule has 0 atom stereocenters. The van der Waals surface area contributed by atoms with Crippen molar-refractivity contribution in [3.63, 3.8) is 0 Å². The van der Waals surface area contributed by atoms with Gasteiger partial charge in [0.1, 0.15) is 5.75 Å². The zero-order valence-corrected chi connectivity index (χ0v) is 13.7. The van der Waals surface area contributed by atoms with Crippen molar-refractivity contribution in [2.75, 3.05) is 20.3 Å². The average Bonchev–Trinajstić information content (AvgIpc) is 2.48. The van der Waals surface area contributed by atoms with Gasteiger partial charge in [0, 0.05) is 7.05 Å². The molecule has 1 aliphatic rings. The van der Waals surface area contributed by atoms with Crippen LogP contribution in [0.15, 0.2) is 24.3 Å². The van der Waals surface area contributed by atoms with Gasteiger partial charge in [-0.15, -0.1) is 0 Å². The van der Waals surface area contributed by atoms with Crippen molar-refractivity contribution >= 4 is 34.8 Å². The number of aryl methyl sites for hydroxylation is 1. The fourth-order valence-corrected chi connectivity index (χ4v) is 1.70. The van der Waals surface area contributed by atoms with Crippen LogP contribution in [0.3, 0.4) is 0 Å². The predicted molar refractivity (Wildman–Crippen MR) is 92.4 cm³/mol. The standard InChI is InChI=1S/C12H18N2OS.C2H3NOS/c1-14-12(16)15-11-7-5-10(6-8-11)4-2-3-9-13;5-2-3-1-4-2/h5-8H,2-4,9,13H2,1H3,(H,14,16);1H2,(H,3,5). The van der Waals surface area contributed by atoms with Gasteiger partial charge in [-0.05, 0) is 67.9 Å². The molecule has 21 heavy (non-hydrogen) atoms. The van der Waals surface area contributed by atoms with Crippen LogP contribution in [0.25, 0.3) is 0 Å². The maximum Gasteiger partial charge on any atom is 0.261 e. The molecule has 0 unspecified atom stereocenters. The second-order valence-corrected chi connectivity index (χ2v) is 5.02. The van der Waals surface area contributed by atoms with Crippen LogP contribution >= 0.6 is 24.4 Å². The van der Waals surface area contributed by atoms with Gasteiger partial charge in [-0.25, -0.2) is 0 Å². The third kappa shape index (κ3) is 7.79. The summed E-state index contributed by atoms with van der Waals surface area (Å²) in [4.78, 5) is 0. The van der Waals surface area contributed by atoms with E-state index in [4.69, 9.17) is 22.7 Å². The molecule has 1 heterocycles. The molecule has 0 aliphatic carbocycles. The maximum atomic E-state index is 5.45. The van der Waals surface area contributed by atoms with Crippen LogP contribution in [-0.2, 0) is 11.2 Å². The number of thiocarbonyl (C=S) groups is 2. The van der Waals surface area contributed by atoms with Gasteiger partial charge in [0.2, 0.25) is 0 Å². The van der Waals surface area contributed by atoms with E-state index in [0.717, 1.165) is 31.6 Å². The summed E-state index contributed by atoms with van der Waals surface area (Å²) in [5.74, 6) is 0.766. The van der Waals surface area contributed by atoms with Gasteiger partial charge in [0.15, 0.2) is 6.73 Å². The molecule has 116 valence electrons. The lowest BCUT2D eigenvalue weighted by molar-refractivity contribution is 0.211. The third-order valence-corrected chi connectivity index (χ3v) is 3.23. The van der Waals surface area contributed by atoms with Crippen molar-refractivity contribution in [3.05, 3.63) is 29.8 Å². The Kier molecular flexibility index (Phi) is 8.65. The number of nitrogens with one attached hydrogen (secondary N) is 2. The quantitative estimate of drug-likeness (QED) is 0.562. The normalized spacial score (nSPS) is 12.0. The minimum atomic E-state index is 0.385. The summed E-state index contributed by atoms with van der Waals surface area (Å²) >= 11 is 9.36. The van der Waals surface area contributed by atoms with Crippen molar-refractivity contribution < 1.29 is 9.47 Å². The molecular weight excluding hydrogens is 306 g/mol. The summed E-state index contributed by atoms with van der Waals surface area (Å²) in [7, 11) is 1.74. The van der Waals surface area contributed by atoms with Crippen LogP contribution in [0.5, 0.6) is 5.75 Å². The number of rotatable bonds is 5. The molecule has 1 saturated heterocycles. The zero-order valence-electron chi connectivity index (χ0n) is 12.1. The van der Waals surface area contributed by atoms with E-state index in [2.05, 4.69) is 39.7 Å². The van der Waals surface area contributed by atoms with Crippen molar-refractivity contribution in [2.24, 2.45) is 5.73 Å². The Bertz CT molecular complexity index is 446. The van der Waals surface area contributed by atoms with Gasteiger partial charge < -0.3 is 25.8 Å². The first-order chi connectivity index (χ1) is 10.2. The topological polar surface area (TPSA) is 68.5 Å². The number of ether oxygens (including phenoxy) is 2. The van der Waals surface area contributed by atoms with Gasteiger partial charge in [0.25, 0.3) is 10.3 Å². The molecule has 0 bridgehead atoms. The molecule has 1 aliphatic heterocycles. The molecule has 0 amide bonds. The Morgan fingerprint density at radius 3 is 2.43 bits per heavy atom. The lowest BCUT2D eigenvalue weighted by Crippen LogP contribution is -2.39. The van der Waals surface area contributed by atoms with Crippen LogP contribution in [0, 0.1) is 0 Å². The highest BCUT2D eigenvalue weighted by molar-refractivity contribution is 7.80. The average molecular weight is 327 g/mol. The van der Waals surface area contributed by atoms with Crippen LogP contribution in [0.4, 0.5) is 0 Å². The maximum absolute atomic E-state index is 5.45. The van der Waals surface area contributed by atoms with Crippen LogP contribution in [-0.4, -0.2) is 30.7 Å². The van der Waals surface area contributed by atoms with Crippen LogP contribution in [0.2, 0.25) is 0 Å². The number of hydrogen-bond donors (Lipinski definition) is 3. The van der Waals surface area contributed by atoms with Crippen molar-refractivity contribution in [2.45, 2.75) is 19.3 Å². The summed E-state index contributed by atoms with van der Waals surface area (Å²) in [5.41, 5.74) is 6.75. The smallest absolute Gasteiger partial charge is 0.261 e. The summed E-state index contributed by atoms with van der Waals surface area (Å²) < 4.78 is 9.90. The minimum Gasteiger partial charge on any atom is -0.450 e. The Morgan fingerprint density at radius 1 is 1.38 bits per heavy atom. The molecule has 1 aromatic rings. The lowest BCUT2D eigenvalue weighted by atomic mass is 10.1. The van der Waals surface area contributed by atoms with Gasteiger partial charge in [0.05, 0.1) is 0 Å². The van der Waals surface area contributed by atoms with Gasteiger partial charge in [-0.2, -0.15) is 0 Å². The third-order valence-electron chi connectivity index (χ3n) is 2.68. The van der Waals surface area contributed by atoms with Gasteiger partial charge in [-0.3, -0.25) is 0 Å². The van der Waals surface area contributed by atoms with Crippen LogP contribution < -0.4 is 21.1 Å². The Balaban J connectivity index is 0.000000369. The molecule has 0 radical (unpaired) electrons. The first-order valence-electron chi connectivity index (χ1n) is 6.75. The summed E-state index contributed by atoms with van der Waals surface area (Å²) in [5, 5.41) is 6.39. The second-order valence-electron chi connectivity index (χ2n) is 4.28. The molecule has 1 fully saturated rings. The molecule has 4 N–H and O–H groups in total. The van der Waals surface area contributed by atoms with Gasteiger partial charge >= 0.3 is 0 Å². The molecule has 2 rings (SSSR count). The van der Waals surface area contributed by atoms with E-state index in [1.807, 2.05) is 12.1 Å². The molecule has 1 aromatic carbocycles. The summed E-state index contributed by atoms with van der Waals surface area (Å²) in [6.07, 6.45) is 3.27. The van der Waals surface area contributed by atoms with E-state index >= 15 is 0 Å². The molecule has 0 saturated carbocycles. The van der Waals surface area contributed by atoms with E-state index in [-0.39, 0.29) is 0 Å². The lowest BCUT2D eigenvalue weighted by Gasteiger charge is -2.16. The Hall–Kier alpha value is -1.44. The zero-order chi connectivity index (χ0) is 15.5. The van der Waals surface area contributed by atoms with E-state index < -0.39 is 0 Å². The molecule has 0 spiro atoms. The van der Waals surface area contributed by atoms with Crippen molar-refractivity contribution in [3.8, 4) is 5.75 Å². The number of unbranched alkanes of at least 4 members (excludes halogenated alkanes) is 1. The fraction of sp³-hybridized carbons (Fsp3) is 0.429. The molecule has 0 aromatic heterocycles.